The van der Waals surface area contributed by atoms with Gasteiger partial charge in [-0.3, -0.25) is 9.79 Å². The van der Waals surface area contributed by atoms with Crippen molar-refractivity contribution in [2.75, 3.05) is 18.0 Å². The molecule has 2 aromatic rings. The Bertz CT molecular complexity index is 658. The van der Waals surface area contributed by atoms with Crippen molar-refractivity contribution >= 4 is 23.5 Å². The summed E-state index contributed by atoms with van der Waals surface area (Å²) >= 11 is 0. The van der Waals surface area contributed by atoms with Crippen molar-refractivity contribution in [2.45, 2.75) is 13.8 Å². The Hall–Kier alpha value is -2.62. The number of hydrogen-bond donors (Lipinski definition) is 1. The van der Waals surface area contributed by atoms with Gasteiger partial charge in [-0.2, -0.15) is 0 Å². The van der Waals surface area contributed by atoms with E-state index in [1.807, 2.05) is 18.2 Å². The van der Waals surface area contributed by atoms with Gasteiger partial charge in [0.2, 0.25) is 5.91 Å². The summed E-state index contributed by atoms with van der Waals surface area (Å²) < 4.78 is 0. The second-order valence-electron chi connectivity index (χ2n) is 4.94. The molecule has 0 aliphatic rings. The fourth-order valence-corrected chi connectivity index (χ4v) is 2.25. The van der Waals surface area contributed by atoms with Gasteiger partial charge in [-0.25, -0.2) is 0 Å². The molecule has 0 fully saturated rings. The molecule has 0 unspecified atom stereocenters. The quantitative estimate of drug-likeness (QED) is 0.830. The van der Waals surface area contributed by atoms with Gasteiger partial charge in [0, 0.05) is 30.6 Å². The number of nitrogens with zero attached hydrogens (tertiary/aromatic N) is 2. The number of carbonyl (C=O) groups excluding carboxylic acids is 1. The molecule has 22 heavy (non-hydrogen) atoms. The fraction of sp³-hybridized carbons (Fsp3) is 0.222. The summed E-state index contributed by atoms with van der Waals surface area (Å²) in [4.78, 5) is 17.8. The fourth-order valence-electron chi connectivity index (χ4n) is 2.25. The third-order valence-electron chi connectivity index (χ3n) is 3.52. The average Bonchev–Trinajstić information content (AvgIpc) is 2.55. The van der Waals surface area contributed by atoms with Gasteiger partial charge >= 0.3 is 0 Å². The van der Waals surface area contributed by atoms with E-state index in [2.05, 4.69) is 35.9 Å². The molecule has 0 heterocycles. The van der Waals surface area contributed by atoms with E-state index in [4.69, 9.17) is 5.73 Å². The number of benzene rings is 2. The van der Waals surface area contributed by atoms with E-state index < -0.39 is 5.91 Å². The monoisotopic (exact) mass is 295 g/mol. The Morgan fingerprint density at radius 3 is 2.41 bits per heavy atom. The third-order valence-corrected chi connectivity index (χ3v) is 3.52. The summed E-state index contributed by atoms with van der Waals surface area (Å²) in [6.45, 7) is 6.27. The van der Waals surface area contributed by atoms with Crippen molar-refractivity contribution in [2.24, 2.45) is 10.7 Å². The van der Waals surface area contributed by atoms with Crippen molar-refractivity contribution < 1.29 is 4.79 Å². The molecule has 4 nitrogen and oxygen atoms in total. The molecular formula is C18H21N3O. The van der Waals surface area contributed by atoms with E-state index in [0.717, 1.165) is 18.7 Å². The number of hydrogen-bond acceptors (Lipinski definition) is 3. The van der Waals surface area contributed by atoms with Crippen LogP contribution in [0, 0.1) is 0 Å². The molecule has 4 heteroatoms. The molecule has 0 aliphatic carbocycles. The Kier molecular flexibility index (Phi) is 5.31. The highest BCUT2D eigenvalue weighted by Crippen LogP contribution is 2.16. The van der Waals surface area contributed by atoms with Gasteiger partial charge < -0.3 is 10.6 Å². The van der Waals surface area contributed by atoms with Crippen LogP contribution >= 0.6 is 0 Å². The van der Waals surface area contributed by atoms with Crippen LogP contribution in [0.4, 0.5) is 11.4 Å². The SMILES string of the molecule is CCN(CC)c1ccc(C=Nc2cccc(C(N)=O)c2)cc1. The normalized spacial score (nSPS) is 10.8. The predicted molar refractivity (Wildman–Crippen MR) is 92.2 cm³/mol. The van der Waals surface area contributed by atoms with Crippen LogP contribution in [0.3, 0.4) is 0 Å². The lowest BCUT2D eigenvalue weighted by Gasteiger charge is -2.20. The van der Waals surface area contributed by atoms with Crippen LogP contribution in [0.2, 0.25) is 0 Å². The third kappa shape index (κ3) is 3.95. The van der Waals surface area contributed by atoms with Gasteiger partial charge in [-0.05, 0) is 49.7 Å². The minimum absolute atomic E-state index is 0.444. The van der Waals surface area contributed by atoms with Crippen LogP contribution in [0.1, 0.15) is 29.8 Å². The lowest BCUT2D eigenvalue weighted by molar-refractivity contribution is 0.100. The van der Waals surface area contributed by atoms with Crippen molar-refractivity contribution in [3.63, 3.8) is 0 Å². The number of amides is 1. The molecule has 0 spiro atoms. The van der Waals surface area contributed by atoms with E-state index in [0.29, 0.717) is 11.3 Å². The summed E-state index contributed by atoms with van der Waals surface area (Å²) in [5, 5.41) is 0. The predicted octanol–water partition coefficient (Wildman–Crippen LogP) is 3.38. The summed E-state index contributed by atoms with van der Waals surface area (Å²) in [5.74, 6) is -0.444. The van der Waals surface area contributed by atoms with Gasteiger partial charge in [0.05, 0.1) is 5.69 Å². The van der Waals surface area contributed by atoms with Crippen LogP contribution in [0.15, 0.2) is 53.5 Å². The largest absolute Gasteiger partial charge is 0.372 e. The van der Waals surface area contributed by atoms with Crippen LogP contribution in [-0.4, -0.2) is 25.2 Å². The van der Waals surface area contributed by atoms with Crippen molar-refractivity contribution in [3.8, 4) is 0 Å². The molecule has 0 saturated carbocycles. The molecule has 1 amide bonds. The van der Waals surface area contributed by atoms with Gasteiger partial charge in [-0.15, -0.1) is 0 Å². The number of nitrogens with two attached hydrogens (primary N) is 1. The zero-order valence-corrected chi connectivity index (χ0v) is 13.0. The van der Waals surface area contributed by atoms with Crippen molar-refractivity contribution in [3.05, 3.63) is 59.7 Å². The average molecular weight is 295 g/mol. The van der Waals surface area contributed by atoms with E-state index in [9.17, 15) is 4.79 Å². The second-order valence-corrected chi connectivity index (χ2v) is 4.94. The molecule has 0 bridgehead atoms. The highest BCUT2D eigenvalue weighted by Gasteiger charge is 2.01. The lowest BCUT2D eigenvalue weighted by atomic mass is 10.2. The number of aliphatic imine (C=N–C) groups is 1. The summed E-state index contributed by atoms with van der Waals surface area (Å²) in [5.41, 5.74) is 8.66. The first-order valence-corrected chi connectivity index (χ1v) is 7.43. The number of primary amides is 1. The summed E-state index contributed by atoms with van der Waals surface area (Å²) in [7, 11) is 0. The molecule has 0 radical (unpaired) electrons. The lowest BCUT2D eigenvalue weighted by Crippen LogP contribution is -2.21. The molecule has 114 valence electrons. The van der Waals surface area contributed by atoms with E-state index in [-0.39, 0.29) is 0 Å². The number of carbonyl (C=O) groups is 1. The molecule has 0 saturated heterocycles. The smallest absolute Gasteiger partial charge is 0.248 e. The Balaban J connectivity index is 2.13. The van der Waals surface area contributed by atoms with E-state index in [1.165, 1.54) is 5.69 Å². The molecular weight excluding hydrogens is 274 g/mol. The van der Waals surface area contributed by atoms with Crippen LogP contribution in [-0.2, 0) is 0 Å². The minimum atomic E-state index is -0.444. The maximum Gasteiger partial charge on any atom is 0.248 e. The van der Waals surface area contributed by atoms with Crippen molar-refractivity contribution in [1.29, 1.82) is 0 Å². The van der Waals surface area contributed by atoms with Crippen LogP contribution in [0.5, 0.6) is 0 Å². The number of rotatable bonds is 6. The molecule has 0 aliphatic heterocycles. The minimum Gasteiger partial charge on any atom is -0.372 e. The molecule has 0 atom stereocenters. The zero-order valence-electron chi connectivity index (χ0n) is 13.0. The first kappa shape index (κ1) is 15.8. The van der Waals surface area contributed by atoms with Crippen LogP contribution in [0.25, 0.3) is 0 Å². The summed E-state index contributed by atoms with van der Waals surface area (Å²) in [6, 6.07) is 15.2. The second kappa shape index (κ2) is 7.41. The maximum absolute atomic E-state index is 11.2. The Morgan fingerprint density at radius 1 is 1.14 bits per heavy atom. The topological polar surface area (TPSA) is 58.7 Å². The molecule has 2 N–H and O–H groups in total. The molecule has 0 aromatic heterocycles. The Labute approximate surface area is 131 Å². The maximum atomic E-state index is 11.2. The van der Waals surface area contributed by atoms with Gasteiger partial charge in [-0.1, -0.05) is 18.2 Å². The first-order valence-electron chi connectivity index (χ1n) is 7.43. The zero-order chi connectivity index (χ0) is 15.9. The molecule has 2 rings (SSSR count). The first-order chi connectivity index (χ1) is 10.6. The van der Waals surface area contributed by atoms with Crippen molar-refractivity contribution in [1.82, 2.24) is 0 Å². The van der Waals surface area contributed by atoms with Gasteiger partial charge in [0.1, 0.15) is 0 Å². The van der Waals surface area contributed by atoms with Gasteiger partial charge in [0.15, 0.2) is 0 Å². The molecule has 2 aromatic carbocycles. The Morgan fingerprint density at radius 2 is 1.82 bits per heavy atom. The number of anilines is 1. The highest BCUT2D eigenvalue weighted by atomic mass is 16.1. The standard InChI is InChI=1S/C18H21N3O/c1-3-21(4-2)17-10-8-14(9-11-17)13-20-16-7-5-6-15(12-16)18(19)22/h5-13H,3-4H2,1-2H3,(H2,19,22). The van der Waals surface area contributed by atoms with E-state index >= 15 is 0 Å². The van der Waals surface area contributed by atoms with Crippen LogP contribution < -0.4 is 10.6 Å². The van der Waals surface area contributed by atoms with E-state index in [1.54, 1.807) is 24.4 Å². The van der Waals surface area contributed by atoms with Gasteiger partial charge in [0.25, 0.3) is 0 Å². The summed E-state index contributed by atoms with van der Waals surface area (Å²) in [6.07, 6.45) is 1.78. The highest BCUT2D eigenvalue weighted by molar-refractivity contribution is 5.94.